The molecular formula is C45H31N3. The molecule has 0 bridgehead atoms. The van der Waals surface area contributed by atoms with Crippen molar-refractivity contribution in [1.29, 1.82) is 0 Å². The summed E-state index contributed by atoms with van der Waals surface area (Å²) < 4.78 is 2.19. The molecule has 0 saturated carbocycles. The van der Waals surface area contributed by atoms with Crippen molar-refractivity contribution < 1.29 is 0 Å². The zero-order valence-corrected chi connectivity index (χ0v) is 26.2. The van der Waals surface area contributed by atoms with Crippen molar-refractivity contribution in [2.75, 3.05) is 4.90 Å². The molecule has 0 atom stereocenters. The van der Waals surface area contributed by atoms with E-state index in [4.69, 9.17) is 4.98 Å². The van der Waals surface area contributed by atoms with E-state index in [-0.39, 0.29) is 0 Å². The maximum absolute atomic E-state index is 5.08. The Morgan fingerprint density at radius 2 is 1.04 bits per heavy atom. The van der Waals surface area contributed by atoms with Gasteiger partial charge in [-0.05, 0) is 87.3 Å². The highest BCUT2D eigenvalue weighted by molar-refractivity contribution is 6.13. The summed E-state index contributed by atoms with van der Waals surface area (Å²) in [6.45, 7) is 0. The highest BCUT2D eigenvalue weighted by Crippen LogP contribution is 2.41. The summed E-state index contributed by atoms with van der Waals surface area (Å²) in [6.07, 6.45) is 2.10. The molecule has 0 amide bonds. The van der Waals surface area contributed by atoms with Crippen LogP contribution in [0.5, 0.6) is 0 Å². The fourth-order valence-corrected chi connectivity index (χ4v) is 6.97. The second-order valence-electron chi connectivity index (χ2n) is 12.1. The molecule has 2 heterocycles. The second kappa shape index (κ2) is 11.7. The molecule has 226 valence electrons. The minimum absolute atomic E-state index is 0.925. The summed E-state index contributed by atoms with van der Waals surface area (Å²) in [4.78, 5) is 7.41. The van der Waals surface area contributed by atoms with Gasteiger partial charge < -0.3 is 4.90 Å². The summed E-state index contributed by atoms with van der Waals surface area (Å²) in [7, 11) is 0. The predicted octanol–water partition coefficient (Wildman–Crippen LogP) is 12.1. The summed E-state index contributed by atoms with van der Waals surface area (Å²) in [5, 5.41) is 5.07. The van der Waals surface area contributed by atoms with Crippen LogP contribution in [0, 0.1) is 0 Å². The third kappa shape index (κ3) is 4.81. The predicted molar refractivity (Wildman–Crippen MR) is 201 cm³/mol. The van der Waals surface area contributed by atoms with Crippen LogP contribution in [-0.2, 0) is 0 Å². The highest BCUT2D eigenvalue weighted by atomic mass is 15.1. The van der Waals surface area contributed by atoms with Crippen LogP contribution in [0.25, 0.3) is 60.8 Å². The fourth-order valence-electron chi connectivity index (χ4n) is 6.97. The molecule has 3 heteroatoms. The Hall–Kier alpha value is -6.45. The lowest BCUT2D eigenvalue weighted by Crippen LogP contribution is -2.10. The summed E-state index contributed by atoms with van der Waals surface area (Å²) >= 11 is 0. The Labute approximate surface area is 279 Å². The third-order valence-corrected chi connectivity index (χ3v) is 9.17. The van der Waals surface area contributed by atoms with Crippen molar-refractivity contribution >= 4 is 44.3 Å². The van der Waals surface area contributed by atoms with E-state index in [2.05, 4.69) is 185 Å². The van der Waals surface area contributed by atoms with E-state index in [0.717, 1.165) is 45.2 Å². The van der Waals surface area contributed by atoms with Crippen LogP contribution in [0.1, 0.15) is 0 Å². The largest absolute Gasteiger partial charge is 0.310 e. The number of aromatic nitrogens is 2. The monoisotopic (exact) mass is 613 g/mol. The minimum atomic E-state index is 0.925. The number of hydrogen-bond donors (Lipinski definition) is 0. The number of hydrogen-bond acceptors (Lipinski definition) is 2. The van der Waals surface area contributed by atoms with Gasteiger partial charge in [-0.15, -0.1) is 0 Å². The van der Waals surface area contributed by atoms with E-state index >= 15 is 0 Å². The van der Waals surface area contributed by atoms with Gasteiger partial charge in [0.1, 0.15) is 5.65 Å². The van der Waals surface area contributed by atoms with Gasteiger partial charge in [0.25, 0.3) is 0 Å². The maximum atomic E-state index is 5.08. The van der Waals surface area contributed by atoms with E-state index in [9.17, 15) is 0 Å². The lowest BCUT2D eigenvalue weighted by Gasteiger charge is -2.26. The standard InChI is InChI=1S/C45H31N3/c1-3-14-33(15-4-1)44-45(47-29-12-11-24-43(47)46-44)35-17-13-20-38(30-35)48(36-18-5-2-6-19-36)37-27-25-32(26-28-37)42-31-34-16-7-8-21-39(34)40-22-9-10-23-41(40)42/h1-31H. The SMILES string of the molecule is c1ccc(-c2nc3ccccn3c2-c2cccc(N(c3ccccc3)c3ccc(-c4cc5ccccc5c5ccccc45)cc3)c2)cc1. The van der Waals surface area contributed by atoms with Gasteiger partial charge in [0.05, 0.1) is 11.4 Å². The van der Waals surface area contributed by atoms with Gasteiger partial charge in [0.15, 0.2) is 0 Å². The average molecular weight is 614 g/mol. The van der Waals surface area contributed by atoms with Crippen molar-refractivity contribution in [2.24, 2.45) is 0 Å². The van der Waals surface area contributed by atoms with Crippen LogP contribution in [0.2, 0.25) is 0 Å². The van der Waals surface area contributed by atoms with Gasteiger partial charge in [-0.2, -0.15) is 0 Å². The number of para-hydroxylation sites is 1. The molecule has 48 heavy (non-hydrogen) atoms. The first kappa shape index (κ1) is 27.8. The lowest BCUT2D eigenvalue weighted by atomic mass is 9.93. The van der Waals surface area contributed by atoms with Crippen molar-refractivity contribution in [1.82, 2.24) is 9.38 Å². The number of pyridine rings is 1. The Bertz CT molecular complexity index is 2550. The first-order valence-electron chi connectivity index (χ1n) is 16.3. The number of imidazole rings is 1. The maximum Gasteiger partial charge on any atom is 0.137 e. The first-order valence-corrected chi connectivity index (χ1v) is 16.3. The van der Waals surface area contributed by atoms with Crippen LogP contribution in [0.15, 0.2) is 188 Å². The van der Waals surface area contributed by atoms with Gasteiger partial charge >= 0.3 is 0 Å². The Morgan fingerprint density at radius 1 is 0.417 bits per heavy atom. The Kier molecular flexibility index (Phi) is 6.80. The van der Waals surface area contributed by atoms with Gasteiger partial charge in [0, 0.05) is 34.4 Å². The normalized spacial score (nSPS) is 11.3. The molecule has 0 saturated heterocycles. The average Bonchev–Trinajstić information content (AvgIpc) is 3.56. The molecule has 0 aliphatic carbocycles. The molecule has 7 aromatic carbocycles. The summed E-state index contributed by atoms with van der Waals surface area (Å²) in [5.74, 6) is 0. The molecule has 0 N–H and O–H groups in total. The van der Waals surface area contributed by atoms with Crippen LogP contribution in [-0.4, -0.2) is 9.38 Å². The van der Waals surface area contributed by atoms with Crippen LogP contribution < -0.4 is 4.90 Å². The number of fused-ring (bicyclic) bond motifs is 4. The summed E-state index contributed by atoms with van der Waals surface area (Å²) in [6, 6.07) is 64.7. The molecule has 9 rings (SSSR count). The molecule has 3 nitrogen and oxygen atoms in total. The van der Waals surface area contributed by atoms with E-state index in [0.29, 0.717) is 0 Å². The number of anilines is 3. The molecule has 9 aromatic rings. The molecule has 2 aromatic heterocycles. The van der Waals surface area contributed by atoms with Crippen molar-refractivity contribution in [3.05, 3.63) is 188 Å². The molecule has 0 spiro atoms. The van der Waals surface area contributed by atoms with E-state index in [1.807, 2.05) is 12.1 Å². The van der Waals surface area contributed by atoms with Crippen LogP contribution >= 0.6 is 0 Å². The van der Waals surface area contributed by atoms with Crippen molar-refractivity contribution in [2.45, 2.75) is 0 Å². The number of benzene rings is 7. The minimum Gasteiger partial charge on any atom is -0.310 e. The summed E-state index contributed by atoms with van der Waals surface area (Å²) in [5.41, 5.74) is 10.9. The quantitative estimate of drug-likeness (QED) is 0.174. The van der Waals surface area contributed by atoms with Crippen molar-refractivity contribution in [3.8, 4) is 33.6 Å². The fraction of sp³-hybridized carbons (Fsp3) is 0. The second-order valence-corrected chi connectivity index (χ2v) is 12.1. The highest BCUT2D eigenvalue weighted by Gasteiger charge is 2.19. The zero-order chi connectivity index (χ0) is 31.9. The molecule has 0 aliphatic heterocycles. The molecule has 0 fully saturated rings. The van der Waals surface area contributed by atoms with Gasteiger partial charge in [-0.3, -0.25) is 4.40 Å². The molecular weight excluding hydrogens is 583 g/mol. The third-order valence-electron chi connectivity index (χ3n) is 9.17. The van der Waals surface area contributed by atoms with Gasteiger partial charge in [-0.25, -0.2) is 4.98 Å². The zero-order valence-electron chi connectivity index (χ0n) is 26.2. The molecule has 0 unspecified atom stereocenters. The van der Waals surface area contributed by atoms with Crippen molar-refractivity contribution in [3.63, 3.8) is 0 Å². The Morgan fingerprint density at radius 3 is 1.85 bits per heavy atom. The first-order chi connectivity index (χ1) is 23.8. The van der Waals surface area contributed by atoms with Crippen LogP contribution in [0.3, 0.4) is 0 Å². The van der Waals surface area contributed by atoms with E-state index in [1.54, 1.807) is 0 Å². The van der Waals surface area contributed by atoms with E-state index < -0.39 is 0 Å². The van der Waals surface area contributed by atoms with Gasteiger partial charge in [-0.1, -0.05) is 127 Å². The topological polar surface area (TPSA) is 20.5 Å². The molecule has 0 aliphatic rings. The smallest absolute Gasteiger partial charge is 0.137 e. The van der Waals surface area contributed by atoms with Crippen LogP contribution in [0.4, 0.5) is 17.1 Å². The molecule has 0 radical (unpaired) electrons. The Balaban J connectivity index is 1.18. The van der Waals surface area contributed by atoms with Gasteiger partial charge in [0.2, 0.25) is 0 Å². The number of rotatable bonds is 6. The number of nitrogens with zero attached hydrogens (tertiary/aromatic N) is 3. The van der Waals surface area contributed by atoms with E-state index in [1.165, 1.54) is 32.7 Å². The lowest BCUT2D eigenvalue weighted by molar-refractivity contribution is 1.19.